The van der Waals surface area contributed by atoms with Crippen molar-refractivity contribution in [1.29, 1.82) is 0 Å². The van der Waals surface area contributed by atoms with Crippen molar-refractivity contribution in [1.82, 2.24) is 4.98 Å². The van der Waals surface area contributed by atoms with Gasteiger partial charge in [-0.15, -0.1) is 0 Å². The number of rotatable bonds is 4. The van der Waals surface area contributed by atoms with Gasteiger partial charge in [-0.2, -0.15) is 0 Å². The molecule has 1 aromatic carbocycles. The zero-order valence-electron chi connectivity index (χ0n) is 14.5. The van der Waals surface area contributed by atoms with Gasteiger partial charge in [0, 0.05) is 11.8 Å². The molecule has 2 amide bonds. The molecular formula is C18H15F2N3O5. The Bertz CT molecular complexity index is 914. The van der Waals surface area contributed by atoms with Crippen molar-refractivity contribution in [3.05, 3.63) is 42.1 Å². The minimum atomic E-state index is -0.884. The van der Waals surface area contributed by atoms with E-state index in [1.165, 1.54) is 23.2 Å². The second-order valence-corrected chi connectivity index (χ2v) is 6.25. The number of benzene rings is 1. The molecule has 28 heavy (non-hydrogen) atoms. The van der Waals surface area contributed by atoms with Crippen molar-refractivity contribution in [2.24, 2.45) is 0 Å². The predicted molar refractivity (Wildman–Crippen MR) is 93.0 cm³/mol. The van der Waals surface area contributed by atoms with Gasteiger partial charge in [0.25, 0.3) is 0 Å². The molecular weight excluding hydrogens is 376 g/mol. The highest BCUT2D eigenvalue weighted by molar-refractivity contribution is 5.90. The molecule has 0 radical (unpaired) electrons. The summed E-state index contributed by atoms with van der Waals surface area (Å²) >= 11 is 0. The van der Waals surface area contributed by atoms with Gasteiger partial charge in [-0.05, 0) is 24.3 Å². The number of halogens is 2. The largest absolute Gasteiger partial charge is 0.447 e. The lowest BCUT2D eigenvalue weighted by Crippen LogP contribution is -2.25. The normalized spacial score (nSPS) is 19.2. The minimum absolute atomic E-state index is 0.00422. The number of pyridine rings is 1. The lowest BCUT2D eigenvalue weighted by Gasteiger charge is -2.16. The average Bonchev–Trinajstić information content (AvgIpc) is 3.27. The molecule has 2 aliphatic heterocycles. The predicted octanol–water partition coefficient (Wildman–Crippen LogP) is 2.30. The summed E-state index contributed by atoms with van der Waals surface area (Å²) in [6, 6.07) is 4.95. The van der Waals surface area contributed by atoms with Crippen LogP contribution in [0.15, 0.2) is 30.5 Å². The molecule has 8 nitrogen and oxygen atoms in total. The van der Waals surface area contributed by atoms with Crippen molar-refractivity contribution in [2.45, 2.75) is 6.10 Å². The van der Waals surface area contributed by atoms with Crippen molar-refractivity contribution >= 4 is 23.7 Å². The number of nitrogens with zero attached hydrogens (tertiary/aromatic N) is 3. The van der Waals surface area contributed by atoms with Gasteiger partial charge in [0.1, 0.15) is 30.2 Å². The van der Waals surface area contributed by atoms with Gasteiger partial charge >= 0.3 is 12.2 Å². The van der Waals surface area contributed by atoms with Crippen LogP contribution in [0.3, 0.4) is 0 Å². The number of carbonyl (C=O) groups excluding carboxylic acids is 2. The highest BCUT2D eigenvalue weighted by Crippen LogP contribution is 2.32. The zero-order chi connectivity index (χ0) is 19.8. The van der Waals surface area contributed by atoms with Gasteiger partial charge in [-0.3, -0.25) is 9.80 Å². The molecule has 2 saturated heterocycles. The molecule has 0 spiro atoms. The van der Waals surface area contributed by atoms with E-state index in [9.17, 15) is 18.4 Å². The summed E-state index contributed by atoms with van der Waals surface area (Å²) in [5.41, 5.74) is -0.141. The van der Waals surface area contributed by atoms with E-state index in [2.05, 4.69) is 4.98 Å². The van der Waals surface area contributed by atoms with Gasteiger partial charge < -0.3 is 14.6 Å². The Kier molecular flexibility index (Phi) is 4.55. The molecule has 0 bridgehead atoms. The fourth-order valence-corrected chi connectivity index (χ4v) is 3.11. The summed E-state index contributed by atoms with van der Waals surface area (Å²) in [5, 5.41) is 9.08. The Balaban J connectivity index is 1.62. The van der Waals surface area contributed by atoms with Gasteiger partial charge in [0.05, 0.1) is 30.9 Å². The molecule has 146 valence electrons. The zero-order valence-corrected chi connectivity index (χ0v) is 14.5. The van der Waals surface area contributed by atoms with E-state index in [1.807, 2.05) is 0 Å². The number of hydrogen-bond acceptors (Lipinski definition) is 6. The van der Waals surface area contributed by atoms with E-state index >= 15 is 0 Å². The summed E-state index contributed by atoms with van der Waals surface area (Å²) < 4.78 is 39.0. The number of amides is 2. The number of aliphatic hydroxyl groups is 1. The summed E-state index contributed by atoms with van der Waals surface area (Å²) in [6.07, 6.45) is -0.796. The fraction of sp³-hybridized carbons (Fsp3) is 0.278. The summed E-state index contributed by atoms with van der Waals surface area (Å²) in [4.78, 5) is 29.8. The molecule has 1 N–H and O–H groups in total. The molecule has 0 saturated carbocycles. The SMILES string of the molecule is O=C1OC(CO)CN1c1cc(F)c(-c2ccc(N3CCOC3=O)nc2)c(F)c1. The number of carbonyl (C=O) groups is 2. The number of aromatic nitrogens is 1. The van der Waals surface area contributed by atoms with Crippen molar-refractivity contribution in [3.8, 4) is 11.1 Å². The maximum absolute atomic E-state index is 14.6. The van der Waals surface area contributed by atoms with Crippen molar-refractivity contribution in [3.63, 3.8) is 0 Å². The fourth-order valence-electron chi connectivity index (χ4n) is 3.11. The van der Waals surface area contributed by atoms with Gasteiger partial charge in [0.2, 0.25) is 0 Å². The number of anilines is 2. The van der Waals surface area contributed by atoms with Crippen LogP contribution < -0.4 is 9.80 Å². The van der Waals surface area contributed by atoms with E-state index in [0.29, 0.717) is 12.4 Å². The smallest absolute Gasteiger partial charge is 0.415 e. The van der Waals surface area contributed by atoms with Crippen LogP contribution >= 0.6 is 0 Å². The Morgan fingerprint density at radius 2 is 1.89 bits per heavy atom. The summed E-state index contributed by atoms with van der Waals surface area (Å²) in [6.45, 7) is 0.218. The van der Waals surface area contributed by atoms with E-state index in [-0.39, 0.29) is 36.6 Å². The molecule has 3 heterocycles. The molecule has 0 aliphatic carbocycles. The standard InChI is InChI=1S/C18H15F2N3O5/c19-13-5-11(23-8-12(9-24)28-18(23)26)6-14(20)16(13)10-1-2-15(21-7-10)22-3-4-27-17(22)25/h1-2,5-7,12,24H,3-4,8-9H2. The maximum Gasteiger partial charge on any atom is 0.415 e. The number of cyclic esters (lactones) is 2. The van der Waals surface area contributed by atoms with E-state index in [4.69, 9.17) is 14.6 Å². The second-order valence-electron chi connectivity index (χ2n) is 6.25. The van der Waals surface area contributed by atoms with Gasteiger partial charge in [-0.1, -0.05) is 0 Å². The van der Waals surface area contributed by atoms with Crippen molar-refractivity contribution in [2.75, 3.05) is 36.1 Å². The summed E-state index contributed by atoms with van der Waals surface area (Å²) in [5.74, 6) is -1.45. The first-order valence-electron chi connectivity index (χ1n) is 8.46. The minimum Gasteiger partial charge on any atom is -0.447 e. The molecule has 2 aromatic rings. The second kappa shape index (κ2) is 7.04. The number of ether oxygens (including phenoxy) is 2. The van der Waals surface area contributed by atoms with Crippen LogP contribution in [-0.2, 0) is 9.47 Å². The third-order valence-electron chi connectivity index (χ3n) is 4.49. The molecule has 1 aromatic heterocycles. The lowest BCUT2D eigenvalue weighted by atomic mass is 10.1. The number of aliphatic hydroxyl groups excluding tert-OH is 1. The third-order valence-corrected chi connectivity index (χ3v) is 4.49. The molecule has 10 heteroatoms. The van der Waals surface area contributed by atoms with Gasteiger partial charge in [-0.25, -0.2) is 23.4 Å². The molecule has 2 aliphatic rings. The Labute approximate surface area is 157 Å². The Hall–Kier alpha value is -3.27. The first-order chi connectivity index (χ1) is 13.5. The van der Waals surface area contributed by atoms with Crippen molar-refractivity contribution < 1.29 is 33.0 Å². The highest BCUT2D eigenvalue weighted by atomic mass is 19.1. The Morgan fingerprint density at radius 3 is 2.43 bits per heavy atom. The van der Waals surface area contributed by atoms with Gasteiger partial charge in [0.15, 0.2) is 0 Å². The third kappa shape index (κ3) is 3.11. The van der Waals surface area contributed by atoms with Crippen LogP contribution in [0.4, 0.5) is 29.9 Å². The van der Waals surface area contributed by atoms with E-state index in [1.54, 1.807) is 0 Å². The van der Waals surface area contributed by atoms with Crippen LogP contribution in [0.1, 0.15) is 0 Å². The van der Waals surface area contributed by atoms with E-state index < -0.39 is 29.9 Å². The monoisotopic (exact) mass is 391 g/mol. The van der Waals surface area contributed by atoms with Crippen LogP contribution in [0, 0.1) is 11.6 Å². The Morgan fingerprint density at radius 1 is 1.14 bits per heavy atom. The topological polar surface area (TPSA) is 92.2 Å². The summed E-state index contributed by atoms with van der Waals surface area (Å²) in [7, 11) is 0. The average molecular weight is 391 g/mol. The maximum atomic E-state index is 14.6. The highest BCUT2D eigenvalue weighted by Gasteiger charge is 2.33. The molecule has 1 unspecified atom stereocenters. The molecule has 1 atom stereocenters. The van der Waals surface area contributed by atoms with E-state index in [0.717, 1.165) is 17.0 Å². The number of hydrogen-bond donors (Lipinski definition) is 1. The lowest BCUT2D eigenvalue weighted by molar-refractivity contribution is 0.0963. The quantitative estimate of drug-likeness (QED) is 0.860. The molecule has 4 rings (SSSR count). The van der Waals surface area contributed by atoms with Crippen LogP contribution in [0.25, 0.3) is 11.1 Å². The first-order valence-corrected chi connectivity index (χ1v) is 8.46. The first kappa shape index (κ1) is 18.1. The van der Waals surface area contributed by atoms with Crippen LogP contribution in [-0.4, -0.2) is 54.7 Å². The molecule has 2 fully saturated rings. The van der Waals surface area contributed by atoms with Crippen LogP contribution in [0.5, 0.6) is 0 Å². The van der Waals surface area contributed by atoms with Crippen LogP contribution in [0.2, 0.25) is 0 Å².